The van der Waals surface area contributed by atoms with Gasteiger partial charge in [0.05, 0.1) is 7.11 Å². The predicted octanol–water partition coefficient (Wildman–Crippen LogP) is 3.33. The van der Waals surface area contributed by atoms with Crippen molar-refractivity contribution in [3.63, 3.8) is 0 Å². The smallest absolute Gasteiger partial charge is 0.317 e. The van der Waals surface area contributed by atoms with Crippen molar-refractivity contribution in [3.8, 4) is 5.75 Å². The van der Waals surface area contributed by atoms with E-state index in [4.69, 9.17) is 9.47 Å². The van der Waals surface area contributed by atoms with Gasteiger partial charge in [-0.25, -0.2) is 4.79 Å². The molecule has 26 heavy (non-hydrogen) atoms. The monoisotopic (exact) mass is 360 g/mol. The van der Waals surface area contributed by atoms with Crippen LogP contribution < -0.4 is 10.1 Å². The lowest BCUT2D eigenvalue weighted by molar-refractivity contribution is 0.170. The van der Waals surface area contributed by atoms with Gasteiger partial charge in [0.15, 0.2) is 0 Å². The number of hydrogen-bond acceptors (Lipinski definition) is 3. The Morgan fingerprint density at radius 1 is 1.31 bits per heavy atom. The largest absolute Gasteiger partial charge is 0.496 e. The SMILES string of the molecule is COc1ccccc1CC(NC(=O)N1CCC(C2CCOC2)C1)C(C)C. The van der Waals surface area contributed by atoms with E-state index < -0.39 is 0 Å². The van der Waals surface area contributed by atoms with E-state index in [-0.39, 0.29) is 12.1 Å². The van der Waals surface area contributed by atoms with Gasteiger partial charge in [0.2, 0.25) is 0 Å². The molecule has 3 atom stereocenters. The van der Waals surface area contributed by atoms with Crippen molar-refractivity contribution in [2.45, 2.75) is 39.2 Å². The molecule has 3 rings (SSSR count). The van der Waals surface area contributed by atoms with Crippen LogP contribution in [-0.2, 0) is 11.2 Å². The standard InChI is InChI=1S/C21H32N2O3/c1-15(2)19(12-16-6-4-5-7-20(16)25-3)22-21(24)23-10-8-17(13-23)18-9-11-26-14-18/h4-7,15,17-19H,8-14H2,1-3H3,(H,22,24). The molecule has 1 aromatic rings. The van der Waals surface area contributed by atoms with Crippen LogP contribution >= 0.6 is 0 Å². The van der Waals surface area contributed by atoms with Gasteiger partial charge < -0.3 is 19.7 Å². The van der Waals surface area contributed by atoms with Gasteiger partial charge in [-0.2, -0.15) is 0 Å². The Hall–Kier alpha value is -1.75. The van der Waals surface area contributed by atoms with Crippen molar-refractivity contribution >= 4 is 6.03 Å². The molecule has 2 amide bonds. The Morgan fingerprint density at radius 2 is 2.12 bits per heavy atom. The highest BCUT2D eigenvalue weighted by Gasteiger charge is 2.34. The van der Waals surface area contributed by atoms with E-state index in [1.54, 1.807) is 7.11 Å². The zero-order valence-electron chi connectivity index (χ0n) is 16.2. The van der Waals surface area contributed by atoms with Gasteiger partial charge in [-0.3, -0.25) is 0 Å². The van der Waals surface area contributed by atoms with E-state index in [0.717, 1.165) is 56.9 Å². The number of hydrogen-bond donors (Lipinski definition) is 1. The summed E-state index contributed by atoms with van der Waals surface area (Å²) in [7, 11) is 1.69. The van der Waals surface area contributed by atoms with Crippen LogP contribution in [0.3, 0.4) is 0 Å². The van der Waals surface area contributed by atoms with Crippen molar-refractivity contribution in [2.75, 3.05) is 33.4 Å². The Labute approximate surface area is 157 Å². The summed E-state index contributed by atoms with van der Waals surface area (Å²) in [6.07, 6.45) is 3.02. The minimum absolute atomic E-state index is 0.0695. The van der Waals surface area contributed by atoms with Crippen LogP contribution in [0.2, 0.25) is 0 Å². The fourth-order valence-electron chi connectivity index (χ4n) is 4.09. The average Bonchev–Trinajstić information content (AvgIpc) is 3.32. The van der Waals surface area contributed by atoms with Crippen molar-refractivity contribution in [1.82, 2.24) is 10.2 Å². The number of methoxy groups -OCH3 is 1. The van der Waals surface area contributed by atoms with Gasteiger partial charge in [-0.15, -0.1) is 0 Å². The van der Waals surface area contributed by atoms with Gasteiger partial charge in [-0.1, -0.05) is 32.0 Å². The van der Waals surface area contributed by atoms with Crippen molar-refractivity contribution in [2.24, 2.45) is 17.8 Å². The van der Waals surface area contributed by atoms with Gasteiger partial charge in [0, 0.05) is 32.3 Å². The highest BCUT2D eigenvalue weighted by Crippen LogP contribution is 2.30. The minimum Gasteiger partial charge on any atom is -0.496 e. The molecule has 0 saturated carbocycles. The Bertz CT molecular complexity index is 599. The average molecular weight is 360 g/mol. The number of nitrogens with one attached hydrogen (secondary N) is 1. The second kappa shape index (κ2) is 8.76. The van der Waals surface area contributed by atoms with E-state index >= 15 is 0 Å². The molecule has 0 bridgehead atoms. The fraction of sp³-hybridized carbons (Fsp3) is 0.667. The zero-order chi connectivity index (χ0) is 18.5. The number of amides is 2. The molecule has 2 heterocycles. The summed E-state index contributed by atoms with van der Waals surface area (Å²) in [5, 5.41) is 3.27. The van der Waals surface area contributed by atoms with E-state index in [0.29, 0.717) is 17.8 Å². The molecule has 1 aromatic carbocycles. The van der Waals surface area contributed by atoms with E-state index in [1.807, 2.05) is 23.1 Å². The summed E-state index contributed by atoms with van der Waals surface area (Å²) >= 11 is 0. The second-order valence-electron chi connectivity index (χ2n) is 7.93. The molecule has 0 aromatic heterocycles. The number of carbonyl (C=O) groups excluding carboxylic acids is 1. The number of benzene rings is 1. The number of nitrogens with zero attached hydrogens (tertiary/aromatic N) is 1. The van der Waals surface area contributed by atoms with Crippen LogP contribution in [0, 0.1) is 17.8 Å². The molecule has 2 aliphatic heterocycles. The van der Waals surface area contributed by atoms with Crippen LogP contribution in [0.1, 0.15) is 32.3 Å². The normalized spacial score (nSPS) is 24.1. The Morgan fingerprint density at radius 3 is 2.81 bits per heavy atom. The lowest BCUT2D eigenvalue weighted by atomic mass is 9.91. The summed E-state index contributed by atoms with van der Waals surface area (Å²) in [5.74, 6) is 2.46. The van der Waals surface area contributed by atoms with Crippen molar-refractivity contribution in [3.05, 3.63) is 29.8 Å². The third kappa shape index (κ3) is 4.50. The lowest BCUT2D eigenvalue weighted by Gasteiger charge is -2.27. The summed E-state index contributed by atoms with van der Waals surface area (Å²) in [6.45, 7) is 7.77. The molecule has 0 radical (unpaired) electrons. The summed E-state index contributed by atoms with van der Waals surface area (Å²) < 4.78 is 11.0. The number of rotatable bonds is 6. The van der Waals surface area contributed by atoms with Crippen LogP contribution in [-0.4, -0.2) is 50.4 Å². The minimum atomic E-state index is 0.0695. The first-order chi connectivity index (χ1) is 12.6. The van der Waals surface area contributed by atoms with Gasteiger partial charge >= 0.3 is 6.03 Å². The second-order valence-corrected chi connectivity index (χ2v) is 7.93. The molecule has 2 fully saturated rings. The molecule has 2 saturated heterocycles. The molecular weight excluding hydrogens is 328 g/mol. The summed E-state index contributed by atoms with van der Waals surface area (Å²) in [5.41, 5.74) is 1.14. The highest BCUT2D eigenvalue weighted by molar-refractivity contribution is 5.75. The highest BCUT2D eigenvalue weighted by atomic mass is 16.5. The van der Waals surface area contributed by atoms with Crippen molar-refractivity contribution in [1.29, 1.82) is 0 Å². The van der Waals surface area contributed by atoms with Gasteiger partial charge in [-0.05, 0) is 48.6 Å². The molecule has 1 N–H and O–H groups in total. The van der Waals surface area contributed by atoms with Crippen LogP contribution in [0.5, 0.6) is 5.75 Å². The molecule has 3 unspecified atom stereocenters. The first-order valence-electron chi connectivity index (χ1n) is 9.83. The van der Waals surface area contributed by atoms with E-state index in [9.17, 15) is 4.79 Å². The third-order valence-electron chi connectivity index (χ3n) is 5.89. The van der Waals surface area contributed by atoms with E-state index in [1.165, 1.54) is 0 Å². The van der Waals surface area contributed by atoms with Crippen LogP contribution in [0.25, 0.3) is 0 Å². The van der Waals surface area contributed by atoms with Gasteiger partial charge in [0.1, 0.15) is 5.75 Å². The molecule has 0 spiro atoms. The number of ether oxygens (including phenoxy) is 2. The first kappa shape index (κ1) is 19.0. The number of carbonyl (C=O) groups is 1. The number of urea groups is 1. The lowest BCUT2D eigenvalue weighted by Crippen LogP contribution is -2.47. The predicted molar refractivity (Wildman–Crippen MR) is 102 cm³/mol. The van der Waals surface area contributed by atoms with Crippen LogP contribution in [0.4, 0.5) is 4.79 Å². The van der Waals surface area contributed by atoms with Crippen molar-refractivity contribution < 1.29 is 14.3 Å². The maximum absolute atomic E-state index is 12.8. The fourth-order valence-corrected chi connectivity index (χ4v) is 4.09. The molecule has 144 valence electrons. The summed E-state index contributed by atoms with van der Waals surface area (Å²) in [4.78, 5) is 14.8. The first-order valence-corrected chi connectivity index (χ1v) is 9.83. The number of likely N-dealkylation sites (tertiary alicyclic amines) is 1. The molecule has 5 nitrogen and oxygen atoms in total. The molecule has 2 aliphatic rings. The third-order valence-corrected chi connectivity index (χ3v) is 5.89. The van der Waals surface area contributed by atoms with Crippen LogP contribution in [0.15, 0.2) is 24.3 Å². The molecular formula is C21H32N2O3. The molecule has 0 aliphatic carbocycles. The topological polar surface area (TPSA) is 50.8 Å². The van der Waals surface area contributed by atoms with Gasteiger partial charge in [0.25, 0.3) is 0 Å². The quantitative estimate of drug-likeness (QED) is 0.847. The molecule has 5 heteroatoms. The maximum Gasteiger partial charge on any atom is 0.317 e. The Balaban J connectivity index is 1.58. The number of para-hydroxylation sites is 1. The van der Waals surface area contributed by atoms with E-state index in [2.05, 4.69) is 25.2 Å². The maximum atomic E-state index is 12.8. The summed E-state index contributed by atoms with van der Waals surface area (Å²) in [6, 6.07) is 8.21. The zero-order valence-corrected chi connectivity index (χ0v) is 16.2. The Kier molecular flexibility index (Phi) is 6.41.